The number of halogens is 6. The van der Waals surface area contributed by atoms with Crippen LogP contribution in [0.3, 0.4) is 0 Å². The molecule has 0 saturated carbocycles. The minimum Gasteiger partial charge on any atom is -0.256 e. The van der Waals surface area contributed by atoms with Crippen LogP contribution in [0.15, 0.2) is 42.6 Å². The van der Waals surface area contributed by atoms with Crippen molar-refractivity contribution in [1.82, 2.24) is 4.98 Å². The molecule has 1 aliphatic rings. The fraction of sp³-hybridized carbons (Fsp3) is 0.188. The van der Waals surface area contributed by atoms with Gasteiger partial charge in [0.05, 0.1) is 5.52 Å². The van der Waals surface area contributed by atoms with Gasteiger partial charge in [-0.2, -0.15) is 26.3 Å². The molecular formula is C16H7F6N. The van der Waals surface area contributed by atoms with Crippen molar-refractivity contribution in [2.75, 3.05) is 0 Å². The van der Waals surface area contributed by atoms with Crippen molar-refractivity contribution in [3.8, 4) is 0 Å². The van der Waals surface area contributed by atoms with Gasteiger partial charge in [-0.25, -0.2) is 0 Å². The fourth-order valence-corrected chi connectivity index (χ4v) is 3.07. The van der Waals surface area contributed by atoms with Crippen LogP contribution < -0.4 is 0 Å². The molecule has 0 fully saturated rings. The highest BCUT2D eigenvalue weighted by Gasteiger charge is 2.79. The van der Waals surface area contributed by atoms with Gasteiger partial charge in [0.25, 0.3) is 0 Å². The molecule has 1 nitrogen and oxygen atoms in total. The van der Waals surface area contributed by atoms with Crippen LogP contribution >= 0.6 is 0 Å². The lowest BCUT2D eigenvalue weighted by Gasteiger charge is -2.23. The van der Waals surface area contributed by atoms with Crippen molar-refractivity contribution in [3.63, 3.8) is 0 Å². The van der Waals surface area contributed by atoms with Gasteiger partial charge in [0, 0.05) is 28.1 Å². The van der Waals surface area contributed by atoms with Crippen molar-refractivity contribution in [2.45, 2.75) is 17.8 Å². The molecule has 4 rings (SSSR count). The Morgan fingerprint density at radius 2 is 1.43 bits per heavy atom. The third kappa shape index (κ3) is 1.47. The summed E-state index contributed by atoms with van der Waals surface area (Å²) in [5.74, 6) is -15.4. The average Bonchev–Trinajstić information content (AvgIpc) is 2.62. The topological polar surface area (TPSA) is 12.9 Å². The van der Waals surface area contributed by atoms with Gasteiger partial charge >= 0.3 is 17.8 Å². The van der Waals surface area contributed by atoms with Gasteiger partial charge in [-0.3, -0.25) is 4.98 Å². The van der Waals surface area contributed by atoms with Crippen LogP contribution in [-0.2, 0) is 11.8 Å². The van der Waals surface area contributed by atoms with E-state index in [1.807, 2.05) is 0 Å². The van der Waals surface area contributed by atoms with Crippen LogP contribution in [0.2, 0.25) is 0 Å². The maximum atomic E-state index is 14.1. The second kappa shape index (κ2) is 3.96. The van der Waals surface area contributed by atoms with Gasteiger partial charge in [-0.05, 0) is 11.5 Å². The first-order chi connectivity index (χ1) is 10.7. The maximum Gasteiger partial charge on any atom is 0.380 e. The lowest BCUT2D eigenvalue weighted by Crippen LogP contribution is -2.43. The highest BCUT2D eigenvalue weighted by atomic mass is 19.3. The van der Waals surface area contributed by atoms with E-state index in [-0.39, 0.29) is 10.8 Å². The monoisotopic (exact) mass is 327 g/mol. The number of benzene rings is 2. The van der Waals surface area contributed by atoms with E-state index in [9.17, 15) is 26.3 Å². The van der Waals surface area contributed by atoms with Crippen molar-refractivity contribution in [2.24, 2.45) is 0 Å². The number of nitrogens with zero attached hydrogens (tertiary/aromatic N) is 1. The molecule has 7 heteroatoms. The second-order valence-electron chi connectivity index (χ2n) is 5.45. The van der Waals surface area contributed by atoms with E-state index < -0.39 is 28.9 Å². The molecule has 0 amide bonds. The largest absolute Gasteiger partial charge is 0.380 e. The summed E-state index contributed by atoms with van der Waals surface area (Å²) < 4.78 is 83.0. The first-order valence-corrected chi connectivity index (χ1v) is 6.64. The third-order valence-corrected chi connectivity index (χ3v) is 4.21. The normalized spacial score (nSPS) is 20.8. The molecule has 1 aliphatic carbocycles. The predicted octanol–water partition coefficient (Wildman–Crippen LogP) is 5.22. The molecule has 1 aromatic heterocycles. The SMILES string of the molecule is FC1(F)c2ccc3c(ccc4cccnc43)c2C(F)(F)C1(F)F. The molecule has 118 valence electrons. The van der Waals surface area contributed by atoms with Crippen molar-refractivity contribution < 1.29 is 26.3 Å². The molecule has 0 unspecified atom stereocenters. The molecule has 0 spiro atoms. The van der Waals surface area contributed by atoms with Crippen LogP contribution in [-0.4, -0.2) is 10.9 Å². The molecule has 0 radical (unpaired) electrons. The van der Waals surface area contributed by atoms with Gasteiger partial charge in [0.15, 0.2) is 0 Å². The third-order valence-electron chi connectivity index (χ3n) is 4.21. The van der Waals surface area contributed by atoms with E-state index in [2.05, 4.69) is 4.98 Å². The Labute approximate surface area is 125 Å². The zero-order chi connectivity index (χ0) is 16.6. The van der Waals surface area contributed by atoms with Gasteiger partial charge in [0.2, 0.25) is 0 Å². The summed E-state index contributed by atoms with van der Waals surface area (Å²) in [6, 6.07) is 7.61. The van der Waals surface area contributed by atoms with Gasteiger partial charge in [0.1, 0.15) is 0 Å². The Morgan fingerprint density at radius 3 is 2.17 bits per heavy atom. The number of fused-ring (bicyclic) bond motifs is 5. The van der Waals surface area contributed by atoms with Gasteiger partial charge in [-0.15, -0.1) is 0 Å². The molecule has 0 atom stereocenters. The summed E-state index contributed by atoms with van der Waals surface area (Å²) in [6.45, 7) is 0. The molecule has 0 bridgehead atoms. The van der Waals surface area contributed by atoms with Crippen LogP contribution in [0.4, 0.5) is 26.3 Å². The molecule has 1 heterocycles. The zero-order valence-electron chi connectivity index (χ0n) is 11.3. The molecule has 23 heavy (non-hydrogen) atoms. The lowest BCUT2D eigenvalue weighted by atomic mass is 9.97. The summed E-state index contributed by atoms with van der Waals surface area (Å²) in [5, 5.41) is 0.394. The van der Waals surface area contributed by atoms with Crippen LogP contribution in [0, 0.1) is 0 Å². The van der Waals surface area contributed by atoms with Crippen LogP contribution in [0.1, 0.15) is 11.1 Å². The van der Waals surface area contributed by atoms with Crippen molar-refractivity contribution in [3.05, 3.63) is 53.7 Å². The molecule has 0 saturated heterocycles. The molecule has 2 aromatic carbocycles. The number of hydrogen-bond donors (Lipinski definition) is 0. The first kappa shape index (κ1) is 14.3. The molecule has 0 N–H and O–H groups in total. The fourth-order valence-electron chi connectivity index (χ4n) is 3.07. The zero-order valence-corrected chi connectivity index (χ0v) is 11.3. The standard InChI is InChI=1S/C16H7F6N/c17-14(18)11-6-5-10-9(12(11)15(19,20)16(14,21)22)4-3-8-2-1-7-23-13(8)10/h1-7H. The quantitative estimate of drug-likeness (QED) is 0.407. The van der Waals surface area contributed by atoms with E-state index in [0.717, 1.165) is 12.1 Å². The average molecular weight is 327 g/mol. The predicted molar refractivity (Wildman–Crippen MR) is 72.0 cm³/mol. The Bertz CT molecular complexity index is 963. The number of aromatic nitrogens is 1. The molecule has 0 aliphatic heterocycles. The van der Waals surface area contributed by atoms with E-state index >= 15 is 0 Å². The Balaban J connectivity index is 2.20. The van der Waals surface area contributed by atoms with E-state index in [1.165, 1.54) is 12.3 Å². The molecular weight excluding hydrogens is 320 g/mol. The van der Waals surface area contributed by atoms with E-state index in [0.29, 0.717) is 17.0 Å². The van der Waals surface area contributed by atoms with Crippen LogP contribution in [0.25, 0.3) is 21.7 Å². The van der Waals surface area contributed by atoms with Crippen molar-refractivity contribution >= 4 is 21.7 Å². The van der Waals surface area contributed by atoms with E-state index in [1.54, 1.807) is 12.1 Å². The number of pyridine rings is 1. The second-order valence-corrected chi connectivity index (χ2v) is 5.45. The number of hydrogen-bond acceptors (Lipinski definition) is 1. The van der Waals surface area contributed by atoms with E-state index in [4.69, 9.17) is 0 Å². The Kier molecular flexibility index (Phi) is 2.46. The molecule has 3 aromatic rings. The first-order valence-electron chi connectivity index (χ1n) is 6.64. The summed E-state index contributed by atoms with van der Waals surface area (Å²) in [5.41, 5.74) is -2.37. The van der Waals surface area contributed by atoms with Gasteiger partial charge < -0.3 is 0 Å². The summed E-state index contributed by atoms with van der Waals surface area (Å²) in [4.78, 5) is 4.04. The van der Waals surface area contributed by atoms with Crippen molar-refractivity contribution in [1.29, 1.82) is 0 Å². The highest BCUT2D eigenvalue weighted by molar-refractivity contribution is 6.07. The minimum atomic E-state index is -5.48. The smallest absolute Gasteiger partial charge is 0.256 e. The minimum absolute atomic E-state index is 0.134. The highest BCUT2D eigenvalue weighted by Crippen LogP contribution is 2.64. The Morgan fingerprint density at radius 1 is 0.739 bits per heavy atom. The Hall–Kier alpha value is -2.31. The summed E-state index contributed by atoms with van der Waals surface area (Å²) in [7, 11) is 0. The lowest BCUT2D eigenvalue weighted by molar-refractivity contribution is -0.302. The number of alkyl halides is 6. The van der Waals surface area contributed by atoms with Crippen LogP contribution in [0.5, 0.6) is 0 Å². The summed E-state index contributed by atoms with van der Waals surface area (Å²) in [6.07, 6.45) is 1.41. The maximum absolute atomic E-state index is 14.1. The van der Waals surface area contributed by atoms with Gasteiger partial charge in [-0.1, -0.05) is 30.3 Å². The number of rotatable bonds is 0. The summed E-state index contributed by atoms with van der Waals surface area (Å²) >= 11 is 0.